The third-order valence-electron chi connectivity index (χ3n) is 1.83. The second-order valence-electron chi connectivity index (χ2n) is 4.77. The molecule has 0 aliphatic rings. The Bertz CT molecular complexity index is 497. The van der Waals surface area contributed by atoms with Crippen LogP contribution in [0.3, 0.4) is 0 Å². The van der Waals surface area contributed by atoms with Crippen LogP contribution in [-0.4, -0.2) is 24.3 Å². The number of nitrogens with zero attached hydrogens (tertiary/aromatic N) is 1. The highest BCUT2D eigenvalue weighted by atomic mass is 79.9. The number of aliphatic hydroxyl groups is 1. The summed E-state index contributed by atoms with van der Waals surface area (Å²) in [5.41, 5.74) is 2.00. The number of aliphatic hydroxyl groups excluding tert-OH is 1. The van der Waals surface area contributed by atoms with Crippen LogP contribution >= 0.6 is 15.9 Å². The predicted octanol–water partition coefficient (Wildman–Crippen LogP) is 3.09. The first-order chi connectivity index (χ1) is 8.58. The molecule has 0 fully saturated rings. The SMILES string of the molecule is C[Si](C)(C)C#N.O=C(O)C(O)c1ccc(Br)cc1F. The molecule has 1 rings (SSSR count). The van der Waals surface area contributed by atoms with Crippen molar-refractivity contribution in [3.8, 4) is 5.69 Å². The van der Waals surface area contributed by atoms with Crippen LogP contribution in [0.25, 0.3) is 0 Å². The average molecular weight is 348 g/mol. The summed E-state index contributed by atoms with van der Waals surface area (Å²) in [4.78, 5) is 10.3. The molecule has 104 valence electrons. The zero-order chi connectivity index (χ0) is 15.2. The normalized spacial score (nSPS) is 11.8. The fraction of sp³-hybridized carbons (Fsp3) is 0.333. The van der Waals surface area contributed by atoms with Gasteiger partial charge in [0.05, 0.1) is 0 Å². The first-order valence-corrected chi connectivity index (χ1v) is 9.65. The molecule has 0 aliphatic carbocycles. The van der Waals surface area contributed by atoms with E-state index in [2.05, 4.69) is 21.6 Å². The molecule has 1 atom stereocenters. The zero-order valence-corrected chi connectivity index (χ0v) is 13.4. The Morgan fingerprint density at radius 1 is 1.47 bits per heavy atom. The molecule has 1 aromatic carbocycles. The Balaban J connectivity index is 0.000000459. The van der Waals surface area contributed by atoms with E-state index in [0.717, 1.165) is 6.07 Å². The minimum absolute atomic E-state index is 0.240. The fourth-order valence-corrected chi connectivity index (χ4v) is 1.19. The van der Waals surface area contributed by atoms with E-state index in [1.807, 2.05) is 19.6 Å². The van der Waals surface area contributed by atoms with Crippen LogP contribution in [0.4, 0.5) is 4.39 Å². The van der Waals surface area contributed by atoms with Crippen molar-refractivity contribution in [3.63, 3.8) is 0 Å². The monoisotopic (exact) mass is 347 g/mol. The lowest BCUT2D eigenvalue weighted by Crippen LogP contribution is -2.15. The Morgan fingerprint density at radius 3 is 2.26 bits per heavy atom. The van der Waals surface area contributed by atoms with Gasteiger partial charge in [0.2, 0.25) is 0 Å². The Labute approximate surface area is 120 Å². The second kappa shape index (κ2) is 7.38. The molecule has 0 bridgehead atoms. The van der Waals surface area contributed by atoms with Gasteiger partial charge in [-0.1, -0.05) is 41.6 Å². The molecule has 4 nitrogen and oxygen atoms in total. The van der Waals surface area contributed by atoms with Crippen LogP contribution < -0.4 is 0 Å². The maximum atomic E-state index is 13.0. The summed E-state index contributed by atoms with van der Waals surface area (Å²) in [6.45, 7) is 6.06. The molecule has 0 saturated heterocycles. The topological polar surface area (TPSA) is 81.3 Å². The molecule has 0 radical (unpaired) electrons. The third-order valence-corrected chi connectivity index (χ3v) is 2.99. The molecule has 19 heavy (non-hydrogen) atoms. The molecular formula is C12H15BrFNO3Si. The van der Waals surface area contributed by atoms with Crippen molar-refractivity contribution in [2.45, 2.75) is 25.7 Å². The lowest BCUT2D eigenvalue weighted by Gasteiger charge is -2.06. The molecule has 2 N–H and O–H groups in total. The van der Waals surface area contributed by atoms with E-state index in [9.17, 15) is 9.18 Å². The highest BCUT2D eigenvalue weighted by Gasteiger charge is 2.19. The van der Waals surface area contributed by atoms with E-state index in [-0.39, 0.29) is 5.56 Å². The molecule has 0 saturated carbocycles. The van der Waals surface area contributed by atoms with Gasteiger partial charge in [-0.05, 0) is 12.1 Å². The van der Waals surface area contributed by atoms with Crippen molar-refractivity contribution in [3.05, 3.63) is 34.1 Å². The van der Waals surface area contributed by atoms with Crippen molar-refractivity contribution in [2.75, 3.05) is 0 Å². The molecule has 0 heterocycles. The number of benzene rings is 1. The highest BCUT2D eigenvalue weighted by Crippen LogP contribution is 2.20. The largest absolute Gasteiger partial charge is 0.479 e. The number of rotatable bonds is 2. The van der Waals surface area contributed by atoms with Gasteiger partial charge in [-0.3, -0.25) is 0 Å². The minimum atomic E-state index is -1.81. The molecule has 0 amide bonds. The maximum Gasteiger partial charge on any atom is 0.337 e. The summed E-state index contributed by atoms with van der Waals surface area (Å²) >= 11 is 3.01. The van der Waals surface area contributed by atoms with E-state index < -0.39 is 26.0 Å². The van der Waals surface area contributed by atoms with Crippen LogP contribution in [0.1, 0.15) is 11.7 Å². The lowest BCUT2D eigenvalue weighted by atomic mass is 10.1. The zero-order valence-electron chi connectivity index (χ0n) is 10.8. The van der Waals surface area contributed by atoms with Crippen LogP contribution in [0.15, 0.2) is 22.7 Å². The van der Waals surface area contributed by atoms with E-state index in [1.165, 1.54) is 12.1 Å². The Kier molecular flexibility index (Phi) is 6.90. The lowest BCUT2D eigenvalue weighted by molar-refractivity contribution is -0.147. The summed E-state index contributed by atoms with van der Waals surface area (Å²) in [5, 5.41) is 25.6. The van der Waals surface area contributed by atoms with Crippen molar-refractivity contribution in [2.24, 2.45) is 0 Å². The number of hydrogen-bond donors (Lipinski definition) is 2. The van der Waals surface area contributed by atoms with E-state index in [0.29, 0.717) is 4.47 Å². The van der Waals surface area contributed by atoms with E-state index in [4.69, 9.17) is 15.5 Å². The second-order valence-corrected chi connectivity index (χ2v) is 10.4. The number of carboxylic acid groups (broad SMARTS) is 1. The quantitative estimate of drug-likeness (QED) is 0.805. The third kappa shape index (κ3) is 7.05. The van der Waals surface area contributed by atoms with Crippen molar-refractivity contribution in [1.82, 2.24) is 0 Å². The van der Waals surface area contributed by atoms with Gasteiger partial charge in [-0.2, -0.15) is 0 Å². The molecule has 0 aliphatic heterocycles. The first kappa shape index (κ1) is 17.8. The number of halogens is 2. The van der Waals surface area contributed by atoms with E-state index >= 15 is 0 Å². The average Bonchev–Trinajstić information content (AvgIpc) is 2.28. The van der Waals surface area contributed by atoms with Crippen LogP contribution in [-0.2, 0) is 4.79 Å². The smallest absolute Gasteiger partial charge is 0.337 e. The molecule has 7 heteroatoms. The van der Waals surface area contributed by atoms with Gasteiger partial charge in [0.1, 0.15) is 5.82 Å². The minimum Gasteiger partial charge on any atom is -0.479 e. The van der Waals surface area contributed by atoms with Crippen LogP contribution in [0.2, 0.25) is 19.6 Å². The van der Waals surface area contributed by atoms with E-state index in [1.54, 1.807) is 0 Å². The summed E-state index contributed by atoms with van der Waals surface area (Å²) in [7, 11) is -1.33. The van der Waals surface area contributed by atoms with Crippen molar-refractivity contribution < 1.29 is 19.4 Å². The molecule has 0 spiro atoms. The number of carboxylic acids is 1. The van der Waals surface area contributed by atoms with Gasteiger partial charge in [0, 0.05) is 15.7 Å². The van der Waals surface area contributed by atoms with Gasteiger partial charge in [0.15, 0.2) is 14.2 Å². The van der Waals surface area contributed by atoms with Crippen LogP contribution in [0.5, 0.6) is 0 Å². The molecule has 0 aromatic heterocycles. The van der Waals surface area contributed by atoms with Crippen molar-refractivity contribution >= 4 is 30.0 Å². The molecule has 1 aromatic rings. The van der Waals surface area contributed by atoms with Gasteiger partial charge in [0.25, 0.3) is 0 Å². The summed E-state index contributed by atoms with van der Waals surface area (Å²) in [5.74, 6) is -2.22. The van der Waals surface area contributed by atoms with Gasteiger partial charge in [-0.25, -0.2) is 14.4 Å². The number of aliphatic carboxylic acids is 1. The Hall–Kier alpha value is -1.23. The fourth-order valence-electron chi connectivity index (χ4n) is 0.856. The number of nitriles is 1. The summed E-state index contributed by atoms with van der Waals surface area (Å²) in [6.07, 6.45) is -1.81. The number of hydrogen-bond acceptors (Lipinski definition) is 3. The van der Waals surface area contributed by atoms with Gasteiger partial charge in [-0.15, -0.1) is 0 Å². The summed E-state index contributed by atoms with van der Waals surface area (Å²) < 4.78 is 13.5. The highest BCUT2D eigenvalue weighted by molar-refractivity contribution is 9.10. The predicted molar refractivity (Wildman–Crippen MR) is 75.7 cm³/mol. The Morgan fingerprint density at radius 2 is 1.95 bits per heavy atom. The standard InChI is InChI=1S/C8H6BrFO3.C4H9NSi/c9-4-1-2-5(6(10)3-4)7(11)8(12)13;1-6(2,3)4-5/h1-3,7,11H,(H,12,13);1-3H3. The molecule has 1 unspecified atom stereocenters. The number of carbonyl (C=O) groups is 1. The van der Waals surface area contributed by atoms with Gasteiger partial charge >= 0.3 is 5.97 Å². The first-order valence-electron chi connectivity index (χ1n) is 5.35. The summed E-state index contributed by atoms with van der Waals surface area (Å²) in [6, 6.07) is 3.78. The van der Waals surface area contributed by atoms with Crippen molar-refractivity contribution in [1.29, 1.82) is 5.26 Å². The maximum absolute atomic E-state index is 13.0. The molecular weight excluding hydrogens is 333 g/mol. The van der Waals surface area contributed by atoms with Gasteiger partial charge < -0.3 is 10.2 Å². The van der Waals surface area contributed by atoms with Crippen LogP contribution in [0, 0.1) is 16.8 Å².